The first kappa shape index (κ1) is 23.7. The summed E-state index contributed by atoms with van der Waals surface area (Å²) in [5.74, 6) is 1.35. The smallest absolute Gasteiger partial charge is 0.250 e. The number of hydrogen-bond acceptors (Lipinski definition) is 6. The van der Waals surface area contributed by atoms with Crippen molar-refractivity contribution in [1.29, 1.82) is 0 Å². The Morgan fingerprint density at radius 2 is 1.82 bits per heavy atom. The summed E-state index contributed by atoms with van der Waals surface area (Å²) in [6.07, 6.45) is 1.60. The molecule has 0 radical (unpaired) electrons. The summed E-state index contributed by atoms with van der Waals surface area (Å²) < 4.78 is 8.12. The number of hydrazone groups is 1. The molecule has 1 heterocycles. The fraction of sp³-hybridized carbons (Fsp3) is 0.120. The van der Waals surface area contributed by atoms with Crippen molar-refractivity contribution in [2.45, 2.75) is 12.1 Å². The van der Waals surface area contributed by atoms with E-state index in [2.05, 4.69) is 36.7 Å². The summed E-state index contributed by atoms with van der Waals surface area (Å²) in [5.41, 5.74) is 6.39. The predicted molar refractivity (Wildman–Crippen MR) is 139 cm³/mol. The average Bonchev–Trinajstić information content (AvgIpc) is 3.28. The Labute approximate surface area is 210 Å². The lowest BCUT2D eigenvalue weighted by molar-refractivity contribution is -0.118. The van der Waals surface area contributed by atoms with E-state index in [9.17, 15) is 4.79 Å². The summed E-state index contributed by atoms with van der Waals surface area (Å²) in [7, 11) is 1.63. The molecule has 0 unspecified atom stereocenters. The lowest BCUT2D eigenvalue weighted by Gasteiger charge is -2.11. The van der Waals surface area contributed by atoms with Crippen molar-refractivity contribution in [2.24, 2.45) is 5.10 Å². The molecule has 0 aliphatic carbocycles. The molecule has 0 aliphatic heterocycles. The zero-order chi connectivity index (χ0) is 23.9. The number of hydrogen-bond donors (Lipinski definition) is 1. The zero-order valence-electron chi connectivity index (χ0n) is 18.6. The number of aromatic nitrogens is 3. The van der Waals surface area contributed by atoms with Gasteiger partial charge in [-0.3, -0.25) is 9.36 Å². The van der Waals surface area contributed by atoms with Gasteiger partial charge in [-0.1, -0.05) is 63.6 Å². The van der Waals surface area contributed by atoms with E-state index in [1.165, 1.54) is 11.8 Å². The van der Waals surface area contributed by atoms with Gasteiger partial charge in [0.2, 0.25) is 0 Å². The van der Waals surface area contributed by atoms with Gasteiger partial charge in [0.1, 0.15) is 5.75 Å². The van der Waals surface area contributed by atoms with Gasteiger partial charge < -0.3 is 4.74 Å². The van der Waals surface area contributed by atoms with Crippen LogP contribution >= 0.6 is 27.7 Å². The van der Waals surface area contributed by atoms with Gasteiger partial charge in [0.25, 0.3) is 5.91 Å². The number of carbonyl (C=O) groups is 1. The quantitative estimate of drug-likeness (QED) is 0.189. The van der Waals surface area contributed by atoms with Gasteiger partial charge >= 0.3 is 0 Å². The largest absolute Gasteiger partial charge is 0.497 e. The van der Waals surface area contributed by atoms with Crippen LogP contribution in [0.1, 0.15) is 11.1 Å². The maximum atomic E-state index is 12.4. The van der Waals surface area contributed by atoms with Crippen molar-refractivity contribution in [3.05, 3.63) is 88.4 Å². The molecule has 9 heteroatoms. The first-order valence-corrected chi connectivity index (χ1v) is 12.2. The SMILES string of the molecule is COc1ccc(-c2nnc(SCC(=O)N/N=C\c3ccccc3Br)n2-c2ccc(C)cc2)cc1. The third-order valence-corrected chi connectivity index (χ3v) is 6.56. The van der Waals surface area contributed by atoms with Crippen LogP contribution in [0.2, 0.25) is 0 Å². The minimum atomic E-state index is -0.238. The molecule has 172 valence electrons. The van der Waals surface area contributed by atoms with E-state index in [1.54, 1.807) is 13.3 Å². The van der Waals surface area contributed by atoms with Crippen LogP contribution in [0.5, 0.6) is 5.75 Å². The Morgan fingerprint density at radius 1 is 1.09 bits per heavy atom. The fourth-order valence-electron chi connectivity index (χ4n) is 3.13. The Morgan fingerprint density at radius 3 is 2.53 bits per heavy atom. The Hall–Kier alpha value is -3.43. The molecular formula is C25H22BrN5O2S. The first-order valence-electron chi connectivity index (χ1n) is 10.4. The Balaban J connectivity index is 1.53. The average molecular weight is 536 g/mol. The van der Waals surface area contributed by atoms with Gasteiger partial charge in [-0.2, -0.15) is 5.10 Å². The number of nitrogens with one attached hydrogen (secondary N) is 1. The summed E-state index contributed by atoms with van der Waals surface area (Å²) in [5, 5.41) is 13.4. The van der Waals surface area contributed by atoms with E-state index < -0.39 is 0 Å². The van der Waals surface area contributed by atoms with Crippen molar-refractivity contribution in [1.82, 2.24) is 20.2 Å². The highest BCUT2D eigenvalue weighted by atomic mass is 79.9. The maximum absolute atomic E-state index is 12.4. The van der Waals surface area contributed by atoms with Crippen LogP contribution in [0.4, 0.5) is 0 Å². The second-order valence-electron chi connectivity index (χ2n) is 7.31. The van der Waals surface area contributed by atoms with Gasteiger partial charge in [0, 0.05) is 21.3 Å². The van der Waals surface area contributed by atoms with Gasteiger partial charge in [-0.15, -0.1) is 10.2 Å². The third-order valence-electron chi connectivity index (χ3n) is 4.90. The number of amides is 1. The number of ether oxygens (including phenoxy) is 1. The summed E-state index contributed by atoms with van der Waals surface area (Å²) >= 11 is 4.75. The van der Waals surface area contributed by atoms with E-state index >= 15 is 0 Å². The molecule has 4 aromatic rings. The number of thioether (sulfide) groups is 1. The summed E-state index contributed by atoms with van der Waals surface area (Å²) in [6.45, 7) is 2.04. The van der Waals surface area contributed by atoms with Crippen LogP contribution in [-0.4, -0.2) is 39.7 Å². The van der Waals surface area contributed by atoms with Crippen LogP contribution in [0, 0.1) is 6.92 Å². The molecule has 1 N–H and O–H groups in total. The highest BCUT2D eigenvalue weighted by Gasteiger charge is 2.17. The van der Waals surface area contributed by atoms with Gasteiger partial charge in [0.05, 0.1) is 19.1 Å². The number of benzene rings is 3. The number of halogens is 1. The van der Waals surface area contributed by atoms with Crippen molar-refractivity contribution in [3.63, 3.8) is 0 Å². The lowest BCUT2D eigenvalue weighted by atomic mass is 10.2. The van der Waals surface area contributed by atoms with Crippen molar-refractivity contribution >= 4 is 39.8 Å². The molecule has 0 atom stereocenters. The second kappa shape index (κ2) is 11.1. The van der Waals surface area contributed by atoms with E-state index in [0.29, 0.717) is 11.0 Å². The van der Waals surface area contributed by atoms with Crippen molar-refractivity contribution in [2.75, 3.05) is 12.9 Å². The molecular weight excluding hydrogens is 514 g/mol. The monoisotopic (exact) mass is 535 g/mol. The van der Waals surface area contributed by atoms with Gasteiger partial charge in [0.15, 0.2) is 11.0 Å². The number of methoxy groups -OCH3 is 1. The molecule has 7 nitrogen and oxygen atoms in total. The second-order valence-corrected chi connectivity index (χ2v) is 9.11. The molecule has 0 bridgehead atoms. The minimum absolute atomic E-state index is 0.139. The molecule has 3 aromatic carbocycles. The number of carbonyl (C=O) groups excluding carboxylic acids is 1. The fourth-order valence-corrected chi connectivity index (χ4v) is 4.26. The molecule has 4 rings (SSSR count). The van der Waals surface area contributed by atoms with E-state index in [0.717, 1.165) is 32.6 Å². The molecule has 34 heavy (non-hydrogen) atoms. The minimum Gasteiger partial charge on any atom is -0.497 e. The van der Waals surface area contributed by atoms with E-state index in [4.69, 9.17) is 4.74 Å². The van der Waals surface area contributed by atoms with Crippen LogP contribution in [-0.2, 0) is 4.79 Å². The number of aryl methyl sites for hydroxylation is 1. The van der Waals surface area contributed by atoms with Crippen LogP contribution < -0.4 is 10.2 Å². The van der Waals surface area contributed by atoms with Crippen LogP contribution in [0.15, 0.2) is 87.5 Å². The van der Waals surface area contributed by atoms with E-state index in [1.807, 2.05) is 84.3 Å². The number of rotatable bonds is 8. The van der Waals surface area contributed by atoms with Gasteiger partial charge in [-0.05, 0) is 49.4 Å². The van der Waals surface area contributed by atoms with Crippen LogP contribution in [0.25, 0.3) is 17.1 Å². The topological polar surface area (TPSA) is 81.4 Å². The molecule has 0 saturated heterocycles. The Bertz CT molecular complexity index is 1300. The normalized spacial score (nSPS) is 11.0. The highest BCUT2D eigenvalue weighted by Crippen LogP contribution is 2.29. The maximum Gasteiger partial charge on any atom is 0.250 e. The highest BCUT2D eigenvalue weighted by molar-refractivity contribution is 9.10. The molecule has 0 fully saturated rings. The number of nitrogens with zero attached hydrogens (tertiary/aromatic N) is 4. The predicted octanol–water partition coefficient (Wildman–Crippen LogP) is 5.26. The summed E-state index contributed by atoms with van der Waals surface area (Å²) in [6, 6.07) is 23.4. The Kier molecular flexibility index (Phi) is 7.76. The molecule has 0 spiro atoms. The van der Waals surface area contributed by atoms with Crippen LogP contribution in [0.3, 0.4) is 0 Å². The molecule has 1 aromatic heterocycles. The zero-order valence-corrected chi connectivity index (χ0v) is 21.0. The third kappa shape index (κ3) is 5.73. The van der Waals surface area contributed by atoms with Crippen molar-refractivity contribution < 1.29 is 9.53 Å². The summed E-state index contributed by atoms with van der Waals surface area (Å²) in [4.78, 5) is 12.4. The standard InChI is InChI=1S/C25H22BrN5O2S/c1-17-7-11-20(12-8-17)31-24(18-9-13-21(33-2)14-10-18)29-30-25(31)34-16-23(32)28-27-15-19-5-3-4-6-22(19)26/h3-15H,16H2,1-2H3,(H,28,32)/b27-15-. The first-order chi connectivity index (χ1) is 16.5. The molecule has 0 aliphatic rings. The molecule has 0 saturated carbocycles. The van der Waals surface area contributed by atoms with Gasteiger partial charge in [-0.25, -0.2) is 5.43 Å². The molecule has 1 amide bonds. The van der Waals surface area contributed by atoms with E-state index in [-0.39, 0.29) is 11.7 Å². The van der Waals surface area contributed by atoms with Crippen molar-refractivity contribution in [3.8, 4) is 22.8 Å². The lowest BCUT2D eigenvalue weighted by Crippen LogP contribution is -2.20.